The number of imidazole rings is 1. The first-order valence-electron chi connectivity index (χ1n) is 5.60. The van der Waals surface area contributed by atoms with Crippen LogP contribution in [0.4, 0.5) is 0 Å². The van der Waals surface area contributed by atoms with Gasteiger partial charge in [-0.15, -0.1) is 0 Å². The Morgan fingerprint density at radius 2 is 2.21 bits per heavy atom. The molecule has 1 aliphatic carbocycles. The highest BCUT2D eigenvalue weighted by Crippen LogP contribution is 2.28. The first-order chi connectivity index (χ1) is 6.86. The van der Waals surface area contributed by atoms with Gasteiger partial charge in [-0.05, 0) is 18.8 Å². The van der Waals surface area contributed by atoms with Crippen molar-refractivity contribution >= 4 is 0 Å². The predicted octanol–water partition coefficient (Wildman–Crippen LogP) is 2.15. The lowest BCUT2D eigenvalue weighted by Crippen LogP contribution is -2.16. The van der Waals surface area contributed by atoms with E-state index < -0.39 is 0 Å². The van der Waals surface area contributed by atoms with Crippen LogP contribution < -0.4 is 5.69 Å². The van der Waals surface area contributed by atoms with E-state index >= 15 is 0 Å². The number of H-pyrrole nitrogens is 1. The molecule has 0 bridgehead atoms. The fourth-order valence-electron chi connectivity index (χ4n) is 2.37. The number of aromatic nitrogens is 2. The van der Waals surface area contributed by atoms with Gasteiger partial charge in [0, 0.05) is 18.9 Å². The molecule has 78 valence electrons. The lowest BCUT2D eigenvalue weighted by molar-refractivity contribution is 0.455. The molecule has 2 rings (SSSR count). The van der Waals surface area contributed by atoms with Crippen molar-refractivity contribution in [3.63, 3.8) is 0 Å². The number of nitrogens with zero attached hydrogens (tertiary/aromatic N) is 1. The van der Waals surface area contributed by atoms with Gasteiger partial charge in [-0.3, -0.25) is 4.57 Å². The minimum atomic E-state index is 0.0245. The van der Waals surface area contributed by atoms with Crippen LogP contribution in [-0.4, -0.2) is 9.55 Å². The van der Waals surface area contributed by atoms with Crippen LogP contribution in [0.5, 0.6) is 0 Å². The SMILES string of the molecule is O=c1[nH]ccn1CCCC1CCCC1. The third-order valence-electron chi connectivity index (χ3n) is 3.21. The number of hydrogen-bond acceptors (Lipinski definition) is 1. The van der Waals surface area contributed by atoms with Gasteiger partial charge in [-0.2, -0.15) is 0 Å². The molecule has 0 aliphatic heterocycles. The fourth-order valence-corrected chi connectivity index (χ4v) is 2.37. The van der Waals surface area contributed by atoms with Crippen LogP contribution in [-0.2, 0) is 6.54 Å². The fraction of sp³-hybridized carbons (Fsp3) is 0.727. The van der Waals surface area contributed by atoms with E-state index in [2.05, 4.69) is 4.98 Å². The largest absolute Gasteiger partial charge is 0.325 e. The highest BCUT2D eigenvalue weighted by atomic mass is 16.1. The van der Waals surface area contributed by atoms with Crippen molar-refractivity contribution in [3.8, 4) is 0 Å². The summed E-state index contributed by atoms with van der Waals surface area (Å²) in [4.78, 5) is 13.8. The van der Waals surface area contributed by atoms with Crippen LogP contribution in [0.3, 0.4) is 0 Å². The Morgan fingerprint density at radius 1 is 1.43 bits per heavy atom. The normalized spacial score (nSPS) is 17.7. The standard InChI is InChI=1S/C11H18N2O/c14-11-12-7-9-13(11)8-3-6-10-4-1-2-5-10/h7,9-10H,1-6,8H2,(H,12,14). The Morgan fingerprint density at radius 3 is 2.86 bits per heavy atom. The number of hydrogen-bond donors (Lipinski definition) is 1. The molecule has 0 saturated heterocycles. The summed E-state index contributed by atoms with van der Waals surface area (Å²) in [6.45, 7) is 0.874. The number of aromatic amines is 1. The van der Waals surface area contributed by atoms with E-state index in [-0.39, 0.29) is 5.69 Å². The second kappa shape index (κ2) is 4.49. The van der Waals surface area contributed by atoms with Crippen molar-refractivity contribution in [1.29, 1.82) is 0 Å². The van der Waals surface area contributed by atoms with Gasteiger partial charge in [0.1, 0.15) is 0 Å². The zero-order chi connectivity index (χ0) is 9.80. The number of nitrogens with one attached hydrogen (secondary N) is 1. The van der Waals surface area contributed by atoms with Gasteiger partial charge in [0.15, 0.2) is 0 Å². The van der Waals surface area contributed by atoms with Crippen LogP contribution in [0, 0.1) is 5.92 Å². The van der Waals surface area contributed by atoms with Crippen LogP contribution in [0.2, 0.25) is 0 Å². The van der Waals surface area contributed by atoms with Crippen LogP contribution >= 0.6 is 0 Å². The van der Waals surface area contributed by atoms with E-state index in [0.29, 0.717) is 0 Å². The molecule has 1 saturated carbocycles. The quantitative estimate of drug-likeness (QED) is 0.783. The number of aryl methyl sites for hydroxylation is 1. The topological polar surface area (TPSA) is 37.8 Å². The minimum Gasteiger partial charge on any atom is -0.313 e. The Hall–Kier alpha value is -0.990. The smallest absolute Gasteiger partial charge is 0.313 e. The van der Waals surface area contributed by atoms with Gasteiger partial charge in [0.2, 0.25) is 0 Å². The maximum absolute atomic E-state index is 11.2. The number of rotatable bonds is 4. The average molecular weight is 194 g/mol. The summed E-state index contributed by atoms with van der Waals surface area (Å²) in [5, 5.41) is 0. The molecule has 0 unspecified atom stereocenters. The summed E-state index contributed by atoms with van der Waals surface area (Å²) in [7, 11) is 0. The average Bonchev–Trinajstić information content (AvgIpc) is 2.78. The molecule has 0 radical (unpaired) electrons. The molecule has 1 aromatic rings. The summed E-state index contributed by atoms with van der Waals surface area (Å²) >= 11 is 0. The van der Waals surface area contributed by atoms with Crippen molar-refractivity contribution in [3.05, 3.63) is 22.9 Å². The van der Waals surface area contributed by atoms with E-state index in [1.165, 1.54) is 32.1 Å². The van der Waals surface area contributed by atoms with Crippen molar-refractivity contribution in [1.82, 2.24) is 9.55 Å². The van der Waals surface area contributed by atoms with Crippen molar-refractivity contribution in [2.45, 2.75) is 45.1 Å². The van der Waals surface area contributed by atoms with Crippen LogP contribution in [0.1, 0.15) is 38.5 Å². The van der Waals surface area contributed by atoms with E-state index in [9.17, 15) is 4.79 Å². The molecule has 1 heterocycles. The van der Waals surface area contributed by atoms with Gasteiger partial charge in [-0.25, -0.2) is 4.79 Å². The highest BCUT2D eigenvalue weighted by molar-refractivity contribution is 4.76. The molecule has 1 aromatic heterocycles. The second-order valence-corrected chi connectivity index (χ2v) is 4.25. The summed E-state index contributed by atoms with van der Waals surface area (Å²) in [6, 6.07) is 0. The van der Waals surface area contributed by atoms with E-state index in [1.807, 2.05) is 6.20 Å². The monoisotopic (exact) mass is 194 g/mol. The third kappa shape index (κ3) is 2.28. The van der Waals surface area contributed by atoms with Gasteiger partial charge >= 0.3 is 5.69 Å². The molecule has 0 atom stereocenters. The van der Waals surface area contributed by atoms with E-state index in [1.54, 1.807) is 10.8 Å². The third-order valence-corrected chi connectivity index (χ3v) is 3.21. The van der Waals surface area contributed by atoms with Crippen molar-refractivity contribution in [2.24, 2.45) is 5.92 Å². The lowest BCUT2D eigenvalue weighted by atomic mass is 10.0. The minimum absolute atomic E-state index is 0.0245. The Balaban J connectivity index is 1.72. The van der Waals surface area contributed by atoms with Crippen LogP contribution in [0.25, 0.3) is 0 Å². The summed E-state index contributed by atoms with van der Waals surface area (Å²) < 4.78 is 1.76. The summed E-state index contributed by atoms with van der Waals surface area (Å²) in [5.74, 6) is 0.935. The van der Waals surface area contributed by atoms with Crippen molar-refractivity contribution < 1.29 is 0 Å². The molecule has 0 spiro atoms. The molecule has 1 fully saturated rings. The predicted molar refractivity (Wildman–Crippen MR) is 56.2 cm³/mol. The molecule has 3 heteroatoms. The van der Waals surface area contributed by atoms with Gasteiger partial charge in [-0.1, -0.05) is 25.7 Å². The summed E-state index contributed by atoms with van der Waals surface area (Å²) in [6.07, 6.45) is 11.6. The van der Waals surface area contributed by atoms with Gasteiger partial charge < -0.3 is 4.98 Å². The second-order valence-electron chi connectivity index (χ2n) is 4.25. The molecule has 1 N–H and O–H groups in total. The van der Waals surface area contributed by atoms with Gasteiger partial charge in [0.25, 0.3) is 0 Å². The zero-order valence-electron chi connectivity index (χ0n) is 8.54. The molecule has 3 nitrogen and oxygen atoms in total. The van der Waals surface area contributed by atoms with E-state index in [4.69, 9.17) is 0 Å². The van der Waals surface area contributed by atoms with Crippen LogP contribution in [0.15, 0.2) is 17.2 Å². The van der Waals surface area contributed by atoms with Crippen molar-refractivity contribution in [2.75, 3.05) is 0 Å². The zero-order valence-corrected chi connectivity index (χ0v) is 8.54. The maximum atomic E-state index is 11.2. The van der Waals surface area contributed by atoms with E-state index in [0.717, 1.165) is 18.9 Å². The molecule has 0 aromatic carbocycles. The Labute approximate surface area is 84.1 Å². The molecule has 1 aliphatic rings. The molecular formula is C11H18N2O. The maximum Gasteiger partial charge on any atom is 0.325 e. The first kappa shape index (κ1) is 9.56. The Bertz CT molecular complexity index is 320. The highest BCUT2D eigenvalue weighted by Gasteiger charge is 2.14. The molecular weight excluding hydrogens is 176 g/mol. The first-order valence-corrected chi connectivity index (χ1v) is 5.60. The lowest BCUT2D eigenvalue weighted by Gasteiger charge is -2.07. The Kier molecular flexibility index (Phi) is 3.07. The van der Waals surface area contributed by atoms with Gasteiger partial charge in [0.05, 0.1) is 0 Å². The molecule has 0 amide bonds. The summed E-state index contributed by atoms with van der Waals surface area (Å²) in [5.41, 5.74) is 0.0245. The molecule has 14 heavy (non-hydrogen) atoms.